The Morgan fingerprint density at radius 3 is 2.43 bits per heavy atom. The van der Waals surface area contributed by atoms with Crippen molar-refractivity contribution in [3.05, 3.63) is 48.5 Å². The van der Waals surface area contributed by atoms with Crippen LogP contribution in [0.1, 0.15) is 13.3 Å². The molecule has 3 aromatic rings. The van der Waals surface area contributed by atoms with Crippen molar-refractivity contribution in [3.8, 4) is 17.1 Å². The van der Waals surface area contributed by atoms with Gasteiger partial charge in [0.2, 0.25) is 0 Å². The van der Waals surface area contributed by atoms with E-state index in [4.69, 9.17) is 4.98 Å². The lowest BCUT2D eigenvalue weighted by atomic mass is 10.1. The fourth-order valence-corrected chi connectivity index (χ4v) is 3.65. The Labute approximate surface area is 165 Å². The highest BCUT2D eigenvalue weighted by atomic mass is 16.3. The second kappa shape index (κ2) is 8.12. The monoisotopic (exact) mass is 378 g/mol. The molecule has 2 heterocycles. The summed E-state index contributed by atoms with van der Waals surface area (Å²) in [6.45, 7) is 6.20. The average molecular weight is 378 g/mol. The van der Waals surface area contributed by atoms with E-state index in [1.54, 1.807) is 12.1 Å². The number of piperazine rings is 1. The molecule has 28 heavy (non-hydrogen) atoms. The van der Waals surface area contributed by atoms with Gasteiger partial charge in [0.1, 0.15) is 11.6 Å². The first-order valence-electron chi connectivity index (χ1n) is 9.86. The molecule has 0 aliphatic carbocycles. The molecule has 0 saturated carbocycles. The highest BCUT2D eigenvalue weighted by molar-refractivity contribution is 5.91. The molecule has 146 valence electrons. The zero-order chi connectivity index (χ0) is 19.5. The van der Waals surface area contributed by atoms with Gasteiger partial charge in [0.05, 0.1) is 17.2 Å². The fourth-order valence-electron chi connectivity index (χ4n) is 3.65. The van der Waals surface area contributed by atoms with Crippen LogP contribution < -0.4 is 4.90 Å². The molecular weight excluding hydrogens is 352 g/mol. The van der Waals surface area contributed by atoms with Gasteiger partial charge in [0.15, 0.2) is 5.82 Å². The van der Waals surface area contributed by atoms with Gasteiger partial charge in [-0.2, -0.15) is 0 Å². The summed E-state index contributed by atoms with van der Waals surface area (Å²) in [5, 5.41) is 21.2. The maximum atomic E-state index is 10.3. The van der Waals surface area contributed by atoms with Gasteiger partial charge in [0.25, 0.3) is 0 Å². The highest BCUT2D eigenvalue weighted by Crippen LogP contribution is 2.31. The topological polar surface area (TPSA) is 72.7 Å². The Morgan fingerprint density at radius 1 is 0.964 bits per heavy atom. The predicted octanol–water partition coefficient (Wildman–Crippen LogP) is 2.90. The first-order chi connectivity index (χ1) is 13.7. The van der Waals surface area contributed by atoms with Crippen molar-refractivity contribution >= 4 is 16.7 Å². The van der Waals surface area contributed by atoms with Gasteiger partial charge in [-0.3, -0.25) is 4.90 Å². The molecule has 1 atom stereocenters. The van der Waals surface area contributed by atoms with Crippen LogP contribution in [-0.4, -0.2) is 63.9 Å². The first-order valence-corrected chi connectivity index (χ1v) is 9.86. The second-order valence-electron chi connectivity index (χ2n) is 7.25. The van der Waals surface area contributed by atoms with E-state index < -0.39 is 0 Å². The number of nitrogens with zero attached hydrogens (tertiary/aromatic N) is 4. The average Bonchev–Trinajstić information content (AvgIpc) is 2.74. The Balaban J connectivity index is 1.66. The SMILES string of the molecule is CC[C@@H](O)CN1CCN(c2nc(-c3ccccc3O)nc3ccccc23)CC1. The summed E-state index contributed by atoms with van der Waals surface area (Å²) >= 11 is 0. The molecule has 4 rings (SSSR count). The summed E-state index contributed by atoms with van der Waals surface area (Å²) < 4.78 is 0. The molecule has 1 fully saturated rings. The number of β-amino-alcohol motifs (C(OH)–C–C–N with tert-alkyl or cyclic N) is 1. The van der Waals surface area contributed by atoms with Gasteiger partial charge < -0.3 is 15.1 Å². The van der Waals surface area contributed by atoms with Crippen molar-refractivity contribution in [2.75, 3.05) is 37.6 Å². The van der Waals surface area contributed by atoms with E-state index in [2.05, 4.69) is 14.8 Å². The summed E-state index contributed by atoms with van der Waals surface area (Å²) in [6.07, 6.45) is 0.514. The van der Waals surface area contributed by atoms with Crippen LogP contribution >= 0.6 is 0 Å². The number of anilines is 1. The number of hydrogen-bond acceptors (Lipinski definition) is 6. The molecule has 0 bridgehead atoms. The molecule has 0 spiro atoms. The largest absolute Gasteiger partial charge is 0.507 e. The van der Waals surface area contributed by atoms with Crippen molar-refractivity contribution in [3.63, 3.8) is 0 Å². The number of fused-ring (bicyclic) bond motifs is 1. The van der Waals surface area contributed by atoms with Crippen LogP contribution in [-0.2, 0) is 0 Å². The number of aliphatic hydroxyl groups is 1. The van der Waals surface area contributed by atoms with E-state index in [0.29, 0.717) is 11.4 Å². The fraction of sp³-hybridized carbons (Fsp3) is 0.364. The lowest BCUT2D eigenvalue weighted by Gasteiger charge is -2.36. The summed E-state index contributed by atoms with van der Waals surface area (Å²) in [7, 11) is 0. The lowest BCUT2D eigenvalue weighted by molar-refractivity contribution is 0.106. The van der Waals surface area contributed by atoms with Gasteiger partial charge in [-0.1, -0.05) is 31.2 Å². The molecule has 1 aliphatic rings. The van der Waals surface area contributed by atoms with Crippen LogP contribution in [0, 0.1) is 0 Å². The van der Waals surface area contributed by atoms with Crippen molar-refractivity contribution in [2.45, 2.75) is 19.4 Å². The van der Waals surface area contributed by atoms with E-state index in [0.717, 1.165) is 55.9 Å². The lowest BCUT2D eigenvalue weighted by Crippen LogP contribution is -2.48. The summed E-state index contributed by atoms with van der Waals surface area (Å²) in [6, 6.07) is 15.2. The minimum absolute atomic E-state index is 0.183. The maximum absolute atomic E-state index is 10.3. The summed E-state index contributed by atoms with van der Waals surface area (Å²) in [5.74, 6) is 1.62. The number of hydrogen-bond donors (Lipinski definition) is 2. The Hall–Kier alpha value is -2.70. The minimum Gasteiger partial charge on any atom is -0.507 e. The number of aliphatic hydroxyl groups excluding tert-OH is 1. The van der Waals surface area contributed by atoms with Crippen molar-refractivity contribution < 1.29 is 10.2 Å². The number of para-hydroxylation sites is 2. The standard InChI is InChI=1S/C22H26N4O2/c1-2-16(27)15-25-11-13-26(14-12-25)22-17-7-3-5-9-19(17)23-21(24-22)18-8-4-6-10-20(18)28/h3-10,16,27-28H,2,11-15H2,1H3/t16-/m1/s1. The molecule has 2 N–H and O–H groups in total. The number of aromatic nitrogens is 2. The van der Waals surface area contributed by atoms with Crippen molar-refractivity contribution in [2.24, 2.45) is 0 Å². The Kier molecular flexibility index (Phi) is 5.41. The molecule has 0 amide bonds. The third-order valence-corrected chi connectivity index (χ3v) is 5.34. The normalized spacial score (nSPS) is 16.4. The number of aromatic hydroxyl groups is 1. The third-order valence-electron chi connectivity index (χ3n) is 5.34. The second-order valence-corrected chi connectivity index (χ2v) is 7.25. The van der Waals surface area contributed by atoms with Gasteiger partial charge in [0, 0.05) is 38.1 Å². The third kappa shape index (κ3) is 3.79. The Morgan fingerprint density at radius 2 is 1.68 bits per heavy atom. The van der Waals surface area contributed by atoms with Gasteiger partial charge in [-0.05, 0) is 30.7 Å². The molecule has 6 heteroatoms. The quantitative estimate of drug-likeness (QED) is 0.711. The highest BCUT2D eigenvalue weighted by Gasteiger charge is 2.22. The molecule has 6 nitrogen and oxygen atoms in total. The van der Waals surface area contributed by atoms with Crippen LogP contribution in [0.2, 0.25) is 0 Å². The van der Waals surface area contributed by atoms with E-state index in [-0.39, 0.29) is 11.9 Å². The number of rotatable bonds is 5. The number of phenolic OH excluding ortho intramolecular Hbond substituents is 1. The molecule has 1 aromatic heterocycles. The smallest absolute Gasteiger partial charge is 0.165 e. The van der Waals surface area contributed by atoms with Crippen molar-refractivity contribution in [1.82, 2.24) is 14.9 Å². The van der Waals surface area contributed by atoms with E-state index >= 15 is 0 Å². The van der Waals surface area contributed by atoms with Gasteiger partial charge in [-0.15, -0.1) is 0 Å². The van der Waals surface area contributed by atoms with Crippen LogP contribution in [0.25, 0.3) is 22.3 Å². The number of phenols is 1. The van der Waals surface area contributed by atoms with Gasteiger partial charge in [-0.25, -0.2) is 9.97 Å². The molecule has 0 unspecified atom stereocenters. The van der Waals surface area contributed by atoms with E-state index in [1.807, 2.05) is 43.3 Å². The van der Waals surface area contributed by atoms with Crippen LogP contribution in [0.3, 0.4) is 0 Å². The zero-order valence-electron chi connectivity index (χ0n) is 16.1. The summed E-state index contributed by atoms with van der Waals surface area (Å²) in [4.78, 5) is 14.1. The Bertz CT molecular complexity index is 954. The number of benzene rings is 2. The minimum atomic E-state index is -0.265. The van der Waals surface area contributed by atoms with Crippen LogP contribution in [0.15, 0.2) is 48.5 Å². The first kappa shape index (κ1) is 18.7. The van der Waals surface area contributed by atoms with E-state index in [1.165, 1.54) is 0 Å². The molecule has 0 radical (unpaired) electrons. The van der Waals surface area contributed by atoms with Crippen molar-refractivity contribution in [1.29, 1.82) is 0 Å². The maximum Gasteiger partial charge on any atom is 0.165 e. The molecular formula is C22H26N4O2. The van der Waals surface area contributed by atoms with Crippen LogP contribution in [0.4, 0.5) is 5.82 Å². The van der Waals surface area contributed by atoms with E-state index in [9.17, 15) is 10.2 Å². The molecule has 1 aliphatic heterocycles. The zero-order valence-corrected chi connectivity index (χ0v) is 16.1. The van der Waals surface area contributed by atoms with Crippen LogP contribution in [0.5, 0.6) is 5.75 Å². The summed E-state index contributed by atoms with van der Waals surface area (Å²) in [5.41, 5.74) is 1.51. The van der Waals surface area contributed by atoms with Gasteiger partial charge >= 0.3 is 0 Å². The predicted molar refractivity (Wildman–Crippen MR) is 112 cm³/mol. The molecule has 1 saturated heterocycles. The molecule has 2 aromatic carbocycles.